The van der Waals surface area contributed by atoms with Crippen LogP contribution in [0.4, 0.5) is 0 Å². The zero-order valence-electron chi connectivity index (χ0n) is 6.99. The van der Waals surface area contributed by atoms with E-state index in [2.05, 4.69) is 0 Å². The summed E-state index contributed by atoms with van der Waals surface area (Å²) < 4.78 is 5.16. The number of hydrogen-bond donors (Lipinski definition) is 2. The van der Waals surface area contributed by atoms with Gasteiger partial charge in [-0.05, 0) is 18.9 Å². The molecule has 2 N–H and O–H groups in total. The van der Waals surface area contributed by atoms with Crippen LogP contribution in [0.15, 0.2) is 16.7 Å². The fourth-order valence-corrected chi connectivity index (χ4v) is 1.05. The molecule has 0 radical (unpaired) electrons. The van der Waals surface area contributed by atoms with Gasteiger partial charge < -0.3 is 14.6 Å². The number of unbranched alkanes of at least 4 members (excludes halogenated alkanes) is 1. The molecule has 12 heavy (non-hydrogen) atoms. The second-order valence-corrected chi connectivity index (χ2v) is 2.76. The Morgan fingerprint density at radius 2 is 2.08 bits per heavy atom. The van der Waals surface area contributed by atoms with Gasteiger partial charge in [0.15, 0.2) is 0 Å². The van der Waals surface area contributed by atoms with Crippen molar-refractivity contribution in [3.8, 4) is 0 Å². The molecule has 68 valence electrons. The Bertz CT molecular complexity index is 217. The van der Waals surface area contributed by atoms with Crippen molar-refractivity contribution in [2.45, 2.75) is 25.9 Å². The molecule has 0 amide bonds. The summed E-state index contributed by atoms with van der Waals surface area (Å²) in [5.41, 5.74) is 0.814. The average molecular weight is 170 g/mol. The van der Waals surface area contributed by atoms with Crippen LogP contribution in [-0.4, -0.2) is 16.8 Å². The third-order valence-corrected chi connectivity index (χ3v) is 1.72. The molecule has 0 aromatic carbocycles. The summed E-state index contributed by atoms with van der Waals surface area (Å²) in [5.74, 6) is 0.882. The van der Waals surface area contributed by atoms with Gasteiger partial charge in [-0.3, -0.25) is 0 Å². The van der Waals surface area contributed by atoms with Crippen LogP contribution >= 0.6 is 0 Å². The van der Waals surface area contributed by atoms with E-state index >= 15 is 0 Å². The zero-order valence-corrected chi connectivity index (χ0v) is 6.99. The molecular weight excluding hydrogens is 156 g/mol. The van der Waals surface area contributed by atoms with Crippen molar-refractivity contribution in [2.24, 2.45) is 0 Å². The highest BCUT2D eigenvalue weighted by atomic mass is 16.3. The van der Waals surface area contributed by atoms with Crippen molar-refractivity contribution < 1.29 is 14.6 Å². The van der Waals surface area contributed by atoms with Crippen molar-refractivity contribution >= 4 is 0 Å². The molecule has 0 unspecified atom stereocenters. The molecular formula is C9H14O3. The number of furan rings is 1. The Morgan fingerprint density at radius 3 is 2.67 bits per heavy atom. The topological polar surface area (TPSA) is 53.6 Å². The van der Waals surface area contributed by atoms with E-state index in [1.807, 2.05) is 6.07 Å². The Hall–Kier alpha value is -0.800. The third kappa shape index (κ3) is 2.68. The molecule has 0 atom stereocenters. The van der Waals surface area contributed by atoms with Gasteiger partial charge in [0, 0.05) is 18.6 Å². The Morgan fingerprint density at radius 1 is 1.25 bits per heavy atom. The Labute approximate surface area is 71.6 Å². The van der Waals surface area contributed by atoms with Crippen molar-refractivity contribution in [1.82, 2.24) is 0 Å². The number of rotatable bonds is 5. The first-order valence-electron chi connectivity index (χ1n) is 4.15. The quantitative estimate of drug-likeness (QED) is 0.650. The second kappa shape index (κ2) is 4.95. The summed E-state index contributed by atoms with van der Waals surface area (Å²) in [4.78, 5) is 0. The van der Waals surface area contributed by atoms with Crippen molar-refractivity contribution in [2.75, 3.05) is 6.61 Å². The minimum Gasteiger partial charge on any atom is -0.469 e. The number of aryl methyl sites for hydroxylation is 1. The zero-order chi connectivity index (χ0) is 8.81. The summed E-state index contributed by atoms with van der Waals surface area (Å²) in [5, 5.41) is 17.2. The van der Waals surface area contributed by atoms with Crippen LogP contribution in [0.5, 0.6) is 0 Å². The first-order valence-corrected chi connectivity index (χ1v) is 4.15. The summed E-state index contributed by atoms with van der Waals surface area (Å²) in [7, 11) is 0. The molecule has 0 aliphatic heterocycles. The number of aliphatic hydroxyl groups excluding tert-OH is 2. The van der Waals surface area contributed by atoms with Crippen molar-refractivity contribution in [3.05, 3.63) is 23.7 Å². The fourth-order valence-electron chi connectivity index (χ4n) is 1.05. The maximum atomic E-state index is 8.72. The van der Waals surface area contributed by atoms with E-state index in [1.165, 1.54) is 0 Å². The van der Waals surface area contributed by atoms with E-state index in [0.29, 0.717) is 0 Å². The SMILES string of the molecule is OCCCCc1cc(CO)co1. The summed E-state index contributed by atoms with van der Waals surface area (Å²) in [6, 6.07) is 1.84. The summed E-state index contributed by atoms with van der Waals surface area (Å²) in [6.07, 6.45) is 4.12. The predicted octanol–water partition coefficient (Wildman–Crippen LogP) is 1.09. The van der Waals surface area contributed by atoms with Crippen LogP contribution in [0.1, 0.15) is 24.2 Å². The molecule has 0 aliphatic rings. The normalized spacial score (nSPS) is 10.5. The van der Waals surface area contributed by atoms with Crippen molar-refractivity contribution in [1.29, 1.82) is 0 Å². The van der Waals surface area contributed by atoms with E-state index in [9.17, 15) is 0 Å². The highest BCUT2D eigenvalue weighted by Crippen LogP contribution is 2.10. The first-order chi connectivity index (χ1) is 5.86. The van der Waals surface area contributed by atoms with Crippen LogP contribution in [0.2, 0.25) is 0 Å². The van der Waals surface area contributed by atoms with Gasteiger partial charge in [0.2, 0.25) is 0 Å². The van der Waals surface area contributed by atoms with Crippen molar-refractivity contribution in [3.63, 3.8) is 0 Å². The van der Waals surface area contributed by atoms with Gasteiger partial charge in [0.25, 0.3) is 0 Å². The maximum absolute atomic E-state index is 8.72. The molecule has 3 heteroatoms. The van der Waals surface area contributed by atoms with Gasteiger partial charge in [0.05, 0.1) is 12.9 Å². The van der Waals surface area contributed by atoms with Crippen LogP contribution in [0.25, 0.3) is 0 Å². The van der Waals surface area contributed by atoms with E-state index in [4.69, 9.17) is 14.6 Å². The highest BCUT2D eigenvalue weighted by Gasteiger charge is 1.99. The fraction of sp³-hybridized carbons (Fsp3) is 0.556. The largest absolute Gasteiger partial charge is 0.469 e. The molecule has 1 aromatic rings. The lowest BCUT2D eigenvalue weighted by atomic mass is 10.2. The van der Waals surface area contributed by atoms with Gasteiger partial charge in [0.1, 0.15) is 5.76 Å². The summed E-state index contributed by atoms with van der Waals surface area (Å²) in [6.45, 7) is 0.261. The lowest BCUT2D eigenvalue weighted by Crippen LogP contribution is -1.86. The lowest BCUT2D eigenvalue weighted by molar-refractivity contribution is 0.280. The van der Waals surface area contributed by atoms with Crippen LogP contribution in [-0.2, 0) is 13.0 Å². The van der Waals surface area contributed by atoms with E-state index < -0.39 is 0 Å². The molecule has 0 aliphatic carbocycles. The van der Waals surface area contributed by atoms with Crippen LogP contribution in [0.3, 0.4) is 0 Å². The third-order valence-electron chi connectivity index (χ3n) is 1.72. The molecule has 0 saturated carbocycles. The van der Waals surface area contributed by atoms with Gasteiger partial charge in [-0.2, -0.15) is 0 Å². The summed E-state index contributed by atoms with van der Waals surface area (Å²) >= 11 is 0. The van der Waals surface area contributed by atoms with Gasteiger partial charge in [-0.15, -0.1) is 0 Å². The Kier molecular flexibility index (Phi) is 3.84. The smallest absolute Gasteiger partial charge is 0.104 e. The van der Waals surface area contributed by atoms with Crippen LogP contribution < -0.4 is 0 Å². The number of hydrogen-bond acceptors (Lipinski definition) is 3. The average Bonchev–Trinajstić information content (AvgIpc) is 2.53. The molecule has 0 fully saturated rings. The molecule has 1 heterocycles. The van der Waals surface area contributed by atoms with E-state index in [0.717, 1.165) is 30.6 Å². The monoisotopic (exact) mass is 170 g/mol. The standard InChI is InChI=1S/C9H14O3/c10-4-2-1-3-9-5-8(6-11)7-12-9/h5,7,10-11H,1-4,6H2. The molecule has 1 aromatic heterocycles. The highest BCUT2D eigenvalue weighted by molar-refractivity contribution is 5.11. The predicted molar refractivity (Wildman–Crippen MR) is 44.7 cm³/mol. The van der Waals surface area contributed by atoms with Gasteiger partial charge in [-0.1, -0.05) is 0 Å². The number of aliphatic hydroxyl groups is 2. The van der Waals surface area contributed by atoms with Crippen LogP contribution in [0, 0.1) is 0 Å². The first kappa shape index (κ1) is 9.29. The van der Waals surface area contributed by atoms with Gasteiger partial charge in [-0.25, -0.2) is 0 Å². The van der Waals surface area contributed by atoms with E-state index in [1.54, 1.807) is 6.26 Å². The molecule has 0 saturated heterocycles. The molecule has 1 rings (SSSR count). The van der Waals surface area contributed by atoms with Gasteiger partial charge >= 0.3 is 0 Å². The minimum absolute atomic E-state index is 0.0312. The second-order valence-electron chi connectivity index (χ2n) is 2.76. The lowest BCUT2D eigenvalue weighted by Gasteiger charge is -1.93. The maximum Gasteiger partial charge on any atom is 0.104 e. The Balaban J connectivity index is 2.31. The minimum atomic E-state index is 0.0312. The molecule has 0 spiro atoms. The molecule has 0 bridgehead atoms. The molecule has 3 nitrogen and oxygen atoms in total. The van der Waals surface area contributed by atoms with E-state index in [-0.39, 0.29) is 13.2 Å².